The predicted molar refractivity (Wildman–Crippen MR) is 81.5 cm³/mol. The molecule has 19 heavy (non-hydrogen) atoms. The van der Waals surface area contributed by atoms with E-state index in [4.69, 9.17) is 0 Å². The van der Waals surface area contributed by atoms with E-state index in [1.165, 1.54) is 22.1 Å². The molecule has 0 atom stereocenters. The predicted octanol–water partition coefficient (Wildman–Crippen LogP) is 4.37. The van der Waals surface area contributed by atoms with Crippen molar-refractivity contribution in [2.75, 3.05) is 0 Å². The highest BCUT2D eigenvalue weighted by atomic mass is 79.9. The zero-order valence-corrected chi connectivity index (χ0v) is 12.1. The smallest absolute Gasteiger partial charge is 0.213 e. The molecule has 0 radical (unpaired) electrons. The molecule has 4 aromatic rings. The Morgan fingerprint density at radius 3 is 2.74 bits per heavy atom. The molecule has 92 valence electrons. The van der Waals surface area contributed by atoms with Gasteiger partial charge in [-0.05, 0) is 32.8 Å². The number of hydrogen-bond acceptors (Lipinski definition) is 3. The summed E-state index contributed by atoms with van der Waals surface area (Å²) in [6, 6.07) is 14.7. The van der Waals surface area contributed by atoms with Crippen LogP contribution in [0.3, 0.4) is 0 Å². The molecule has 2 aromatic heterocycles. The molecule has 0 aliphatic heterocycles. The van der Waals surface area contributed by atoms with Crippen molar-refractivity contribution < 1.29 is 0 Å². The Balaban J connectivity index is 1.90. The van der Waals surface area contributed by atoms with Gasteiger partial charge in [-0.1, -0.05) is 47.7 Å². The van der Waals surface area contributed by atoms with E-state index in [0.717, 1.165) is 20.1 Å². The maximum absolute atomic E-state index is 4.60. The van der Waals surface area contributed by atoms with Crippen LogP contribution in [0.4, 0.5) is 0 Å². The van der Waals surface area contributed by atoms with Crippen molar-refractivity contribution in [2.24, 2.45) is 0 Å². The van der Waals surface area contributed by atoms with Gasteiger partial charge >= 0.3 is 0 Å². The number of fused-ring (bicyclic) bond motifs is 2. The summed E-state index contributed by atoms with van der Waals surface area (Å²) in [5.41, 5.74) is 2.07. The van der Waals surface area contributed by atoms with Crippen molar-refractivity contribution in [3.05, 3.63) is 52.6 Å². The summed E-state index contributed by atoms with van der Waals surface area (Å²) < 4.78 is 2.65. The van der Waals surface area contributed by atoms with E-state index in [1.807, 2.05) is 6.20 Å². The van der Waals surface area contributed by atoms with E-state index < -0.39 is 0 Å². The van der Waals surface area contributed by atoms with Crippen LogP contribution in [-0.4, -0.2) is 14.6 Å². The first-order valence-corrected chi connectivity index (χ1v) is 7.41. The molecule has 0 fully saturated rings. The minimum atomic E-state index is 0.847. The first-order valence-electron chi connectivity index (χ1n) is 5.80. The second kappa shape index (κ2) is 4.15. The summed E-state index contributed by atoms with van der Waals surface area (Å²) >= 11 is 4.89. The zero-order valence-electron chi connectivity index (χ0n) is 9.75. The van der Waals surface area contributed by atoms with Crippen LogP contribution in [0.2, 0.25) is 0 Å². The van der Waals surface area contributed by atoms with E-state index in [9.17, 15) is 0 Å². The van der Waals surface area contributed by atoms with Crippen LogP contribution in [0.15, 0.2) is 52.6 Å². The summed E-state index contributed by atoms with van der Waals surface area (Å²) in [4.78, 5) is 5.50. The van der Waals surface area contributed by atoms with Gasteiger partial charge in [0.15, 0.2) is 3.92 Å². The van der Waals surface area contributed by atoms with Gasteiger partial charge in [0.1, 0.15) is 0 Å². The molecule has 0 unspecified atom stereocenters. The Morgan fingerprint density at radius 1 is 1.05 bits per heavy atom. The first kappa shape index (κ1) is 11.1. The number of benzene rings is 2. The highest BCUT2D eigenvalue weighted by molar-refractivity contribution is 9.11. The molecule has 0 aliphatic rings. The second-order valence-corrected chi connectivity index (χ2v) is 6.50. The lowest BCUT2D eigenvalue weighted by Gasteiger charge is -2.00. The summed E-state index contributed by atoms with van der Waals surface area (Å²) in [5, 5.41) is 6.78. The Labute approximate surface area is 121 Å². The molecule has 0 N–H and O–H groups in total. The van der Waals surface area contributed by atoms with Crippen LogP contribution in [0.5, 0.6) is 0 Å². The third kappa shape index (κ3) is 1.86. The molecule has 2 heterocycles. The number of imidazole rings is 1. The molecule has 4 rings (SSSR count). The van der Waals surface area contributed by atoms with Crippen LogP contribution >= 0.6 is 27.3 Å². The van der Waals surface area contributed by atoms with Crippen molar-refractivity contribution in [2.45, 2.75) is 0 Å². The van der Waals surface area contributed by atoms with Gasteiger partial charge in [-0.3, -0.25) is 0 Å². The number of aromatic nitrogens is 3. The summed E-state index contributed by atoms with van der Waals surface area (Å²) in [7, 11) is 0. The average Bonchev–Trinajstić information content (AvgIpc) is 2.95. The molecule has 0 spiro atoms. The summed E-state index contributed by atoms with van der Waals surface area (Å²) in [5.74, 6) is 0. The lowest BCUT2D eigenvalue weighted by molar-refractivity contribution is 0.959. The maximum Gasteiger partial charge on any atom is 0.213 e. The van der Waals surface area contributed by atoms with Crippen molar-refractivity contribution in [3.63, 3.8) is 0 Å². The first-order chi connectivity index (χ1) is 9.29. The van der Waals surface area contributed by atoms with Gasteiger partial charge in [-0.2, -0.15) is 0 Å². The van der Waals surface area contributed by atoms with Gasteiger partial charge in [0.25, 0.3) is 0 Å². The van der Waals surface area contributed by atoms with Gasteiger partial charge in [-0.25, -0.2) is 9.50 Å². The van der Waals surface area contributed by atoms with Gasteiger partial charge in [0, 0.05) is 5.56 Å². The van der Waals surface area contributed by atoms with E-state index in [0.29, 0.717) is 0 Å². The van der Waals surface area contributed by atoms with E-state index in [2.05, 4.69) is 68.5 Å². The molecule has 0 aliphatic carbocycles. The largest absolute Gasteiger partial charge is 0.217 e. The zero-order chi connectivity index (χ0) is 12.8. The highest BCUT2D eigenvalue weighted by Crippen LogP contribution is 2.26. The maximum atomic E-state index is 4.60. The van der Waals surface area contributed by atoms with Gasteiger partial charge in [-0.15, -0.1) is 5.10 Å². The number of rotatable bonds is 1. The average molecular weight is 330 g/mol. The Kier molecular flexibility index (Phi) is 2.43. The molecular formula is C14H8BrN3S. The fourth-order valence-electron chi connectivity index (χ4n) is 2.16. The van der Waals surface area contributed by atoms with Crippen molar-refractivity contribution in [3.8, 4) is 11.3 Å². The standard InChI is InChI=1S/C14H8BrN3S/c15-13-17-18-8-12(16-14(18)19-13)11-6-5-9-3-1-2-4-10(9)7-11/h1-8H. The highest BCUT2D eigenvalue weighted by Gasteiger charge is 2.08. The monoisotopic (exact) mass is 329 g/mol. The van der Waals surface area contributed by atoms with Crippen LogP contribution < -0.4 is 0 Å². The minimum Gasteiger partial charge on any atom is -0.217 e. The Hall–Kier alpha value is -1.72. The van der Waals surface area contributed by atoms with E-state index >= 15 is 0 Å². The minimum absolute atomic E-state index is 0.847. The molecule has 0 amide bonds. The normalized spacial score (nSPS) is 11.4. The fourth-order valence-corrected chi connectivity index (χ4v) is 3.38. The van der Waals surface area contributed by atoms with Crippen LogP contribution in [-0.2, 0) is 0 Å². The van der Waals surface area contributed by atoms with Crippen LogP contribution in [0.1, 0.15) is 0 Å². The number of halogens is 1. The van der Waals surface area contributed by atoms with Gasteiger partial charge in [0.05, 0.1) is 11.9 Å². The van der Waals surface area contributed by atoms with Crippen LogP contribution in [0, 0.1) is 0 Å². The Bertz CT molecular complexity index is 862. The molecule has 5 heteroatoms. The fraction of sp³-hybridized carbons (Fsp3) is 0. The molecule has 3 nitrogen and oxygen atoms in total. The summed E-state index contributed by atoms with van der Waals surface area (Å²) in [6.45, 7) is 0. The number of nitrogens with zero attached hydrogens (tertiary/aromatic N) is 3. The van der Waals surface area contributed by atoms with E-state index in [-0.39, 0.29) is 0 Å². The topological polar surface area (TPSA) is 30.2 Å². The molecular weight excluding hydrogens is 322 g/mol. The van der Waals surface area contributed by atoms with Crippen molar-refractivity contribution >= 4 is 43.0 Å². The molecule has 0 saturated heterocycles. The van der Waals surface area contributed by atoms with Crippen molar-refractivity contribution in [1.29, 1.82) is 0 Å². The lowest BCUT2D eigenvalue weighted by Crippen LogP contribution is -1.80. The van der Waals surface area contributed by atoms with Crippen LogP contribution in [0.25, 0.3) is 27.0 Å². The third-order valence-corrected chi connectivity index (χ3v) is 4.42. The van der Waals surface area contributed by atoms with Gasteiger partial charge in [0.2, 0.25) is 4.96 Å². The quantitative estimate of drug-likeness (QED) is 0.519. The lowest BCUT2D eigenvalue weighted by atomic mass is 10.1. The Morgan fingerprint density at radius 2 is 1.89 bits per heavy atom. The molecule has 0 saturated carbocycles. The third-order valence-electron chi connectivity index (χ3n) is 3.06. The number of hydrogen-bond donors (Lipinski definition) is 0. The second-order valence-electron chi connectivity index (χ2n) is 4.27. The molecule has 0 bridgehead atoms. The molecule has 2 aromatic carbocycles. The van der Waals surface area contributed by atoms with E-state index in [1.54, 1.807) is 4.52 Å². The van der Waals surface area contributed by atoms with Crippen molar-refractivity contribution in [1.82, 2.24) is 14.6 Å². The van der Waals surface area contributed by atoms with Gasteiger partial charge < -0.3 is 0 Å². The summed E-state index contributed by atoms with van der Waals surface area (Å²) in [6.07, 6.45) is 1.96. The SMILES string of the molecule is Brc1nn2cc(-c3ccc4ccccc4c3)nc2s1.